The maximum atomic E-state index is 11.9. The van der Waals surface area contributed by atoms with Gasteiger partial charge in [-0.05, 0) is 44.5 Å². The number of aldehydes is 1. The van der Waals surface area contributed by atoms with Gasteiger partial charge < -0.3 is 14.2 Å². The zero-order valence-corrected chi connectivity index (χ0v) is 14.7. The third-order valence-electron chi connectivity index (χ3n) is 3.66. The van der Waals surface area contributed by atoms with Crippen LogP contribution in [0.25, 0.3) is 0 Å². The van der Waals surface area contributed by atoms with Crippen molar-refractivity contribution >= 4 is 12.3 Å². The minimum absolute atomic E-state index is 0.310. The molecule has 0 atom stereocenters. The first-order chi connectivity index (χ1) is 11.9. The van der Waals surface area contributed by atoms with E-state index in [9.17, 15) is 9.59 Å². The third kappa shape index (κ3) is 5.04. The quantitative estimate of drug-likeness (QED) is 0.558. The lowest BCUT2D eigenvalue weighted by atomic mass is 10.1. The number of pyridine rings is 1. The summed E-state index contributed by atoms with van der Waals surface area (Å²) in [4.78, 5) is 26.5. The lowest BCUT2D eigenvalue weighted by Crippen LogP contribution is -2.26. The Morgan fingerprint density at radius 3 is 2.44 bits per heavy atom. The molecular weight excluding hydrogens is 322 g/mol. The summed E-state index contributed by atoms with van der Waals surface area (Å²) in [5.74, 6) is 0.861. The van der Waals surface area contributed by atoms with Crippen molar-refractivity contribution in [1.29, 1.82) is 0 Å². The molecule has 2 rings (SSSR count). The largest absolute Gasteiger partial charge is 0.488 e. The molecular formula is C19H21NO5. The predicted molar refractivity (Wildman–Crippen MR) is 92.5 cm³/mol. The van der Waals surface area contributed by atoms with Crippen LogP contribution in [0.3, 0.4) is 0 Å². The van der Waals surface area contributed by atoms with Gasteiger partial charge in [0, 0.05) is 6.07 Å². The number of esters is 1. The molecule has 0 saturated carbocycles. The zero-order chi connectivity index (χ0) is 18.4. The first-order valence-electron chi connectivity index (χ1n) is 7.88. The Hall–Kier alpha value is -2.89. The van der Waals surface area contributed by atoms with Crippen molar-refractivity contribution < 1.29 is 23.8 Å². The second kappa shape index (κ2) is 7.79. The molecule has 0 aliphatic carbocycles. The van der Waals surface area contributed by atoms with E-state index in [1.165, 1.54) is 13.3 Å². The number of rotatable bonds is 7. The normalized spacial score (nSPS) is 10.9. The SMILES string of the molecule is CCC(C)(C)Oc1cc(Oc2ccc(C=O)nc2)cc(C(=O)OC)c1. The lowest BCUT2D eigenvalue weighted by molar-refractivity contribution is 0.0597. The van der Waals surface area contributed by atoms with Crippen LogP contribution in [0.5, 0.6) is 17.2 Å². The molecule has 25 heavy (non-hydrogen) atoms. The van der Waals surface area contributed by atoms with Gasteiger partial charge in [-0.1, -0.05) is 6.92 Å². The van der Waals surface area contributed by atoms with Gasteiger partial charge in [0.15, 0.2) is 6.29 Å². The van der Waals surface area contributed by atoms with Crippen LogP contribution in [0.4, 0.5) is 0 Å². The van der Waals surface area contributed by atoms with Crippen molar-refractivity contribution in [3.63, 3.8) is 0 Å². The molecule has 0 bridgehead atoms. The van der Waals surface area contributed by atoms with Gasteiger partial charge in [0.2, 0.25) is 0 Å². The van der Waals surface area contributed by atoms with Crippen LogP contribution in [0.1, 0.15) is 48.0 Å². The first kappa shape index (κ1) is 18.4. The summed E-state index contributed by atoms with van der Waals surface area (Å²) >= 11 is 0. The van der Waals surface area contributed by atoms with Gasteiger partial charge in [-0.15, -0.1) is 0 Å². The van der Waals surface area contributed by atoms with E-state index in [-0.39, 0.29) is 5.60 Å². The van der Waals surface area contributed by atoms with Gasteiger partial charge in [-0.2, -0.15) is 0 Å². The minimum Gasteiger partial charge on any atom is -0.488 e. The van der Waals surface area contributed by atoms with Gasteiger partial charge in [-0.25, -0.2) is 9.78 Å². The van der Waals surface area contributed by atoms with E-state index in [0.717, 1.165) is 6.42 Å². The molecule has 0 fully saturated rings. The number of aromatic nitrogens is 1. The van der Waals surface area contributed by atoms with Crippen molar-refractivity contribution in [2.45, 2.75) is 32.8 Å². The third-order valence-corrected chi connectivity index (χ3v) is 3.66. The first-order valence-corrected chi connectivity index (χ1v) is 7.88. The van der Waals surface area contributed by atoms with Crippen molar-refractivity contribution in [3.8, 4) is 17.2 Å². The second-order valence-corrected chi connectivity index (χ2v) is 6.04. The lowest BCUT2D eigenvalue weighted by Gasteiger charge is -2.25. The summed E-state index contributed by atoms with van der Waals surface area (Å²) in [5.41, 5.74) is 0.239. The van der Waals surface area contributed by atoms with Crippen LogP contribution >= 0.6 is 0 Å². The zero-order valence-electron chi connectivity index (χ0n) is 14.7. The van der Waals surface area contributed by atoms with E-state index in [2.05, 4.69) is 4.98 Å². The Morgan fingerprint density at radius 2 is 1.88 bits per heavy atom. The van der Waals surface area contributed by atoms with Crippen LogP contribution in [0, 0.1) is 0 Å². The Morgan fingerprint density at radius 1 is 1.16 bits per heavy atom. The fraction of sp³-hybridized carbons (Fsp3) is 0.316. The summed E-state index contributed by atoms with van der Waals surface area (Å²) in [6.07, 6.45) is 2.88. The summed E-state index contributed by atoms with van der Waals surface area (Å²) in [6, 6.07) is 8.04. The van der Waals surface area contributed by atoms with Crippen molar-refractivity contribution in [2.24, 2.45) is 0 Å². The molecule has 0 radical (unpaired) electrons. The highest BCUT2D eigenvalue weighted by molar-refractivity contribution is 5.90. The van der Waals surface area contributed by atoms with Crippen LogP contribution in [0.2, 0.25) is 0 Å². The summed E-state index contributed by atoms with van der Waals surface area (Å²) in [5, 5.41) is 0. The fourth-order valence-corrected chi connectivity index (χ4v) is 1.97. The van der Waals surface area contributed by atoms with E-state index < -0.39 is 5.97 Å². The number of carbonyl (C=O) groups excluding carboxylic acids is 2. The molecule has 6 nitrogen and oxygen atoms in total. The molecule has 1 aromatic heterocycles. The standard InChI is InChI=1S/C19H21NO5/c1-5-19(2,3)25-17-9-13(18(22)23-4)8-16(10-17)24-15-7-6-14(12-21)20-11-15/h6-12H,5H2,1-4H3. The van der Waals surface area contributed by atoms with Crippen LogP contribution in [-0.4, -0.2) is 30.0 Å². The Balaban J connectivity index is 2.34. The van der Waals surface area contributed by atoms with Crippen molar-refractivity contribution in [2.75, 3.05) is 7.11 Å². The summed E-state index contributed by atoms with van der Waals surface area (Å²) < 4.78 is 16.5. The van der Waals surface area contributed by atoms with Crippen molar-refractivity contribution in [1.82, 2.24) is 4.98 Å². The minimum atomic E-state index is -0.487. The van der Waals surface area contributed by atoms with Crippen LogP contribution < -0.4 is 9.47 Å². The molecule has 1 aromatic carbocycles. The number of carbonyl (C=O) groups is 2. The number of benzene rings is 1. The number of hydrogen-bond acceptors (Lipinski definition) is 6. The van der Waals surface area contributed by atoms with E-state index in [4.69, 9.17) is 14.2 Å². The van der Waals surface area contributed by atoms with Gasteiger partial charge in [0.25, 0.3) is 0 Å². The summed E-state index contributed by atoms with van der Waals surface area (Å²) in [7, 11) is 1.31. The van der Waals surface area contributed by atoms with E-state index in [0.29, 0.717) is 34.8 Å². The average molecular weight is 343 g/mol. The monoisotopic (exact) mass is 343 g/mol. The molecule has 0 aliphatic heterocycles. The highest BCUT2D eigenvalue weighted by Gasteiger charge is 2.19. The Kier molecular flexibility index (Phi) is 5.75. The number of ether oxygens (including phenoxy) is 3. The van der Waals surface area contributed by atoms with E-state index >= 15 is 0 Å². The molecule has 1 heterocycles. The van der Waals surface area contributed by atoms with Gasteiger partial charge >= 0.3 is 5.97 Å². The highest BCUT2D eigenvalue weighted by Crippen LogP contribution is 2.30. The van der Waals surface area contributed by atoms with Crippen LogP contribution in [0.15, 0.2) is 36.5 Å². The Labute approximate surface area is 146 Å². The van der Waals surface area contributed by atoms with Gasteiger partial charge in [0.1, 0.15) is 28.5 Å². The molecule has 0 saturated heterocycles. The maximum absolute atomic E-state index is 11.9. The second-order valence-electron chi connectivity index (χ2n) is 6.04. The molecule has 0 aliphatic rings. The number of hydrogen-bond donors (Lipinski definition) is 0. The van der Waals surface area contributed by atoms with Crippen molar-refractivity contribution in [3.05, 3.63) is 47.8 Å². The Bertz CT molecular complexity index is 753. The fourth-order valence-electron chi connectivity index (χ4n) is 1.97. The molecule has 0 N–H and O–H groups in total. The van der Waals surface area contributed by atoms with E-state index in [1.54, 1.807) is 30.3 Å². The average Bonchev–Trinajstić information content (AvgIpc) is 2.61. The van der Waals surface area contributed by atoms with Gasteiger partial charge in [-0.3, -0.25) is 4.79 Å². The molecule has 0 unspecified atom stereocenters. The predicted octanol–water partition coefficient (Wildman–Crippen LogP) is 4.04. The molecule has 0 spiro atoms. The maximum Gasteiger partial charge on any atom is 0.338 e. The van der Waals surface area contributed by atoms with Gasteiger partial charge in [0.05, 0.1) is 18.9 Å². The highest BCUT2D eigenvalue weighted by atomic mass is 16.5. The smallest absolute Gasteiger partial charge is 0.338 e. The topological polar surface area (TPSA) is 74.7 Å². The molecule has 0 amide bonds. The number of methoxy groups -OCH3 is 1. The molecule has 2 aromatic rings. The number of nitrogens with zero attached hydrogens (tertiary/aromatic N) is 1. The molecule has 132 valence electrons. The van der Waals surface area contributed by atoms with E-state index in [1.807, 2.05) is 20.8 Å². The molecule has 6 heteroatoms. The van der Waals surface area contributed by atoms with Crippen LogP contribution in [-0.2, 0) is 4.74 Å². The summed E-state index contributed by atoms with van der Waals surface area (Å²) in [6.45, 7) is 5.93.